The van der Waals surface area contributed by atoms with Gasteiger partial charge in [-0.15, -0.1) is 0 Å². The van der Waals surface area contributed by atoms with Gasteiger partial charge in [-0.2, -0.15) is 0 Å². The van der Waals surface area contributed by atoms with E-state index in [9.17, 15) is 4.39 Å². The standard InChI is InChI=1S/C12H15ClFNO/c1-8(13)7-16-12-10(6-9(2)15)4-3-5-11(12)14/h3-5,9H,1,6-7,15H2,2H3. The Kier molecular flexibility index (Phi) is 4.77. The Labute approximate surface area is 99.9 Å². The average Bonchev–Trinajstić information content (AvgIpc) is 2.15. The highest BCUT2D eigenvalue weighted by Crippen LogP contribution is 2.24. The number of halogens is 2. The minimum absolute atomic E-state index is 0.0525. The van der Waals surface area contributed by atoms with Gasteiger partial charge in [-0.25, -0.2) is 4.39 Å². The fourth-order valence-electron chi connectivity index (χ4n) is 1.37. The van der Waals surface area contributed by atoms with Gasteiger partial charge in [-0.3, -0.25) is 0 Å². The molecule has 1 rings (SSSR count). The van der Waals surface area contributed by atoms with Crippen molar-refractivity contribution in [2.45, 2.75) is 19.4 Å². The number of para-hydroxylation sites is 1. The second kappa shape index (κ2) is 5.87. The molecule has 0 aromatic heterocycles. The number of nitrogens with two attached hydrogens (primary N) is 1. The highest BCUT2D eigenvalue weighted by molar-refractivity contribution is 6.29. The first-order valence-corrected chi connectivity index (χ1v) is 5.37. The molecule has 0 saturated heterocycles. The molecule has 0 heterocycles. The van der Waals surface area contributed by atoms with Gasteiger partial charge < -0.3 is 10.5 Å². The fourth-order valence-corrected chi connectivity index (χ4v) is 1.43. The van der Waals surface area contributed by atoms with E-state index in [2.05, 4.69) is 6.58 Å². The predicted octanol–water partition coefficient (Wildman–Crippen LogP) is 2.85. The first kappa shape index (κ1) is 13.0. The molecule has 0 aliphatic rings. The molecule has 0 saturated carbocycles. The van der Waals surface area contributed by atoms with Gasteiger partial charge in [-0.05, 0) is 25.0 Å². The van der Waals surface area contributed by atoms with Gasteiger partial charge in [0, 0.05) is 11.1 Å². The zero-order valence-electron chi connectivity index (χ0n) is 9.17. The van der Waals surface area contributed by atoms with Crippen LogP contribution in [0, 0.1) is 5.82 Å². The molecule has 0 amide bonds. The Balaban J connectivity index is 2.89. The second-order valence-electron chi connectivity index (χ2n) is 3.72. The number of hydrogen-bond donors (Lipinski definition) is 1. The van der Waals surface area contributed by atoms with E-state index in [0.717, 1.165) is 5.56 Å². The molecule has 1 aromatic carbocycles. The van der Waals surface area contributed by atoms with Crippen LogP contribution < -0.4 is 10.5 Å². The van der Waals surface area contributed by atoms with Crippen molar-refractivity contribution in [3.05, 3.63) is 41.2 Å². The van der Waals surface area contributed by atoms with E-state index in [1.165, 1.54) is 6.07 Å². The topological polar surface area (TPSA) is 35.2 Å². The molecule has 0 spiro atoms. The van der Waals surface area contributed by atoms with E-state index in [-0.39, 0.29) is 18.4 Å². The Morgan fingerprint density at radius 3 is 2.88 bits per heavy atom. The molecule has 2 nitrogen and oxygen atoms in total. The Morgan fingerprint density at radius 1 is 1.62 bits per heavy atom. The second-order valence-corrected chi connectivity index (χ2v) is 4.25. The molecule has 1 aromatic rings. The van der Waals surface area contributed by atoms with E-state index in [0.29, 0.717) is 11.5 Å². The van der Waals surface area contributed by atoms with Gasteiger partial charge >= 0.3 is 0 Å². The van der Waals surface area contributed by atoms with Crippen molar-refractivity contribution in [3.63, 3.8) is 0 Å². The van der Waals surface area contributed by atoms with Crippen LogP contribution in [-0.4, -0.2) is 12.6 Å². The minimum Gasteiger partial charge on any atom is -0.485 e. The summed E-state index contributed by atoms with van der Waals surface area (Å²) in [7, 11) is 0. The Hall–Kier alpha value is -1.06. The number of ether oxygens (including phenoxy) is 1. The third-order valence-corrected chi connectivity index (χ3v) is 2.07. The normalized spacial score (nSPS) is 12.2. The molecule has 2 N–H and O–H groups in total. The van der Waals surface area contributed by atoms with Crippen LogP contribution in [0.3, 0.4) is 0 Å². The van der Waals surface area contributed by atoms with Crippen LogP contribution in [0.2, 0.25) is 0 Å². The van der Waals surface area contributed by atoms with Crippen LogP contribution in [0.4, 0.5) is 4.39 Å². The molecule has 0 aliphatic carbocycles. The van der Waals surface area contributed by atoms with Crippen LogP contribution in [0.5, 0.6) is 5.75 Å². The molecular formula is C12H15ClFNO. The minimum atomic E-state index is -0.406. The van der Waals surface area contributed by atoms with Gasteiger partial charge in [-0.1, -0.05) is 30.3 Å². The average molecular weight is 244 g/mol. The first-order chi connectivity index (χ1) is 7.50. The lowest BCUT2D eigenvalue weighted by Crippen LogP contribution is -2.18. The quantitative estimate of drug-likeness (QED) is 0.863. The van der Waals surface area contributed by atoms with E-state index < -0.39 is 5.82 Å². The van der Waals surface area contributed by atoms with Crippen molar-refractivity contribution in [2.75, 3.05) is 6.61 Å². The fraction of sp³-hybridized carbons (Fsp3) is 0.333. The summed E-state index contributed by atoms with van der Waals surface area (Å²) in [6, 6.07) is 4.72. The van der Waals surface area contributed by atoms with E-state index in [1.807, 2.05) is 6.92 Å². The summed E-state index contributed by atoms with van der Waals surface area (Å²) in [5, 5.41) is 0.329. The summed E-state index contributed by atoms with van der Waals surface area (Å²) in [5.41, 5.74) is 6.42. The molecule has 0 fully saturated rings. The molecule has 1 unspecified atom stereocenters. The molecule has 0 aliphatic heterocycles. The molecule has 4 heteroatoms. The maximum Gasteiger partial charge on any atom is 0.165 e. The van der Waals surface area contributed by atoms with E-state index in [1.54, 1.807) is 12.1 Å². The van der Waals surface area contributed by atoms with Crippen LogP contribution >= 0.6 is 11.6 Å². The summed E-state index contributed by atoms with van der Waals surface area (Å²) < 4.78 is 18.8. The molecule has 0 radical (unpaired) electrons. The van der Waals surface area contributed by atoms with Crippen LogP contribution in [0.25, 0.3) is 0 Å². The van der Waals surface area contributed by atoms with Crippen LogP contribution in [0.1, 0.15) is 12.5 Å². The Morgan fingerprint density at radius 2 is 2.31 bits per heavy atom. The van der Waals surface area contributed by atoms with Crippen molar-refractivity contribution in [1.29, 1.82) is 0 Å². The summed E-state index contributed by atoms with van der Waals surface area (Å²) in [5.74, 6) is -0.197. The number of rotatable bonds is 5. The van der Waals surface area contributed by atoms with Crippen molar-refractivity contribution in [1.82, 2.24) is 0 Å². The van der Waals surface area contributed by atoms with Gasteiger partial charge in [0.1, 0.15) is 6.61 Å². The lowest BCUT2D eigenvalue weighted by Gasteiger charge is -2.13. The van der Waals surface area contributed by atoms with Crippen molar-refractivity contribution < 1.29 is 9.13 Å². The van der Waals surface area contributed by atoms with Gasteiger partial charge in [0.05, 0.1) is 0 Å². The van der Waals surface area contributed by atoms with E-state index >= 15 is 0 Å². The highest BCUT2D eigenvalue weighted by Gasteiger charge is 2.11. The Bertz CT molecular complexity index is 379. The zero-order chi connectivity index (χ0) is 12.1. The summed E-state index contributed by atoms with van der Waals surface area (Å²) in [6.07, 6.45) is 0.557. The number of hydrogen-bond acceptors (Lipinski definition) is 2. The third kappa shape index (κ3) is 3.83. The maximum absolute atomic E-state index is 13.5. The van der Waals surface area contributed by atoms with E-state index in [4.69, 9.17) is 22.1 Å². The lowest BCUT2D eigenvalue weighted by atomic mass is 10.1. The van der Waals surface area contributed by atoms with Crippen LogP contribution in [-0.2, 0) is 6.42 Å². The third-order valence-electron chi connectivity index (χ3n) is 1.96. The number of benzene rings is 1. The largest absolute Gasteiger partial charge is 0.485 e. The molecule has 16 heavy (non-hydrogen) atoms. The lowest BCUT2D eigenvalue weighted by molar-refractivity contribution is 0.334. The van der Waals surface area contributed by atoms with Crippen molar-refractivity contribution in [2.24, 2.45) is 5.73 Å². The molecule has 88 valence electrons. The smallest absolute Gasteiger partial charge is 0.165 e. The van der Waals surface area contributed by atoms with Crippen molar-refractivity contribution in [3.8, 4) is 5.75 Å². The SMILES string of the molecule is C=C(Cl)COc1c(F)cccc1CC(C)N. The zero-order valence-corrected chi connectivity index (χ0v) is 9.93. The van der Waals surface area contributed by atoms with Gasteiger partial charge in [0.25, 0.3) is 0 Å². The van der Waals surface area contributed by atoms with Crippen LogP contribution in [0.15, 0.2) is 29.8 Å². The molecular weight excluding hydrogens is 229 g/mol. The van der Waals surface area contributed by atoms with Gasteiger partial charge in [0.2, 0.25) is 0 Å². The summed E-state index contributed by atoms with van der Waals surface area (Å²) >= 11 is 5.57. The monoisotopic (exact) mass is 243 g/mol. The summed E-state index contributed by atoms with van der Waals surface area (Å²) in [6.45, 7) is 5.43. The van der Waals surface area contributed by atoms with Crippen molar-refractivity contribution >= 4 is 11.6 Å². The summed E-state index contributed by atoms with van der Waals surface area (Å²) in [4.78, 5) is 0. The molecule has 0 bridgehead atoms. The molecule has 1 atom stereocenters. The maximum atomic E-state index is 13.5. The van der Waals surface area contributed by atoms with Gasteiger partial charge in [0.15, 0.2) is 11.6 Å². The predicted molar refractivity (Wildman–Crippen MR) is 64.2 cm³/mol. The highest BCUT2D eigenvalue weighted by atomic mass is 35.5. The first-order valence-electron chi connectivity index (χ1n) is 4.99.